The summed E-state index contributed by atoms with van der Waals surface area (Å²) in [7, 11) is -4.10. The van der Waals surface area contributed by atoms with Crippen molar-refractivity contribution in [1.29, 1.82) is 0 Å². The van der Waals surface area contributed by atoms with Crippen molar-refractivity contribution in [1.82, 2.24) is 0 Å². The van der Waals surface area contributed by atoms with Crippen LogP contribution in [0.25, 0.3) is 0 Å². The number of hydrogen-bond donors (Lipinski definition) is 2. The van der Waals surface area contributed by atoms with Crippen molar-refractivity contribution in [2.45, 2.75) is 4.90 Å². The van der Waals surface area contributed by atoms with Gasteiger partial charge in [-0.25, -0.2) is 17.2 Å². The van der Waals surface area contributed by atoms with Crippen LogP contribution in [0.15, 0.2) is 44.2 Å². The smallest absolute Gasteiger partial charge is 0.265 e. The molecule has 2 aromatic rings. The van der Waals surface area contributed by atoms with E-state index in [0.29, 0.717) is 10.5 Å². The van der Waals surface area contributed by atoms with Gasteiger partial charge in [-0.3, -0.25) is 4.72 Å². The molecule has 0 saturated carbocycles. The third kappa shape index (κ3) is 3.72. The summed E-state index contributed by atoms with van der Waals surface area (Å²) in [5.74, 6) is -1.79. The number of hydrogen-bond acceptors (Lipinski definition) is 3. The van der Waals surface area contributed by atoms with Crippen LogP contribution in [0.3, 0.4) is 0 Å². The van der Waals surface area contributed by atoms with E-state index in [-0.39, 0.29) is 20.7 Å². The highest BCUT2D eigenvalue weighted by atomic mass is 79.9. The first kappa shape index (κ1) is 16.2. The molecule has 3 N–H and O–H groups in total. The molecule has 0 amide bonds. The standard InChI is InChI=1S/C12H8Br2F2N2O2S/c13-6-1-10(14)12(11(17)2-6)21(19,20)18-9-4-7(15)3-8(16)5-9/h1-5,18H,17H2. The van der Waals surface area contributed by atoms with E-state index in [1.165, 1.54) is 12.1 Å². The number of halogens is 4. The second kappa shape index (κ2) is 5.90. The number of benzene rings is 2. The van der Waals surface area contributed by atoms with Gasteiger partial charge in [0.15, 0.2) is 0 Å². The molecule has 0 bridgehead atoms. The Balaban J connectivity index is 2.48. The minimum absolute atomic E-state index is 0.0133. The molecule has 0 atom stereocenters. The molecule has 4 nitrogen and oxygen atoms in total. The molecule has 0 aliphatic heterocycles. The van der Waals surface area contributed by atoms with E-state index in [1.54, 1.807) is 0 Å². The number of rotatable bonds is 3. The molecule has 21 heavy (non-hydrogen) atoms. The molecule has 0 saturated heterocycles. The fourth-order valence-electron chi connectivity index (χ4n) is 1.68. The predicted octanol–water partition coefficient (Wildman–Crippen LogP) is 3.87. The molecule has 0 heterocycles. The van der Waals surface area contributed by atoms with Crippen molar-refractivity contribution >= 4 is 53.3 Å². The highest BCUT2D eigenvalue weighted by Gasteiger charge is 2.22. The number of nitrogens with two attached hydrogens (primary N) is 1. The van der Waals surface area contributed by atoms with Crippen LogP contribution >= 0.6 is 31.9 Å². The van der Waals surface area contributed by atoms with Crippen LogP contribution in [-0.2, 0) is 10.0 Å². The Bertz CT molecular complexity index is 770. The van der Waals surface area contributed by atoms with E-state index in [0.717, 1.165) is 12.1 Å². The third-order valence-corrected chi connectivity index (χ3v) is 5.26. The van der Waals surface area contributed by atoms with Crippen LogP contribution in [0.1, 0.15) is 0 Å². The first-order chi connectivity index (χ1) is 9.69. The van der Waals surface area contributed by atoms with Crippen LogP contribution in [0.2, 0.25) is 0 Å². The van der Waals surface area contributed by atoms with Crippen molar-refractivity contribution in [3.8, 4) is 0 Å². The van der Waals surface area contributed by atoms with Crippen molar-refractivity contribution in [2.24, 2.45) is 0 Å². The average Bonchev–Trinajstić information content (AvgIpc) is 2.23. The Morgan fingerprint density at radius 1 is 1.00 bits per heavy atom. The monoisotopic (exact) mass is 440 g/mol. The first-order valence-corrected chi connectivity index (χ1v) is 8.49. The zero-order chi connectivity index (χ0) is 15.8. The quantitative estimate of drug-likeness (QED) is 0.710. The van der Waals surface area contributed by atoms with Gasteiger partial charge in [0.2, 0.25) is 0 Å². The van der Waals surface area contributed by atoms with Gasteiger partial charge >= 0.3 is 0 Å². The largest absolute Gasteiger partial charge is 0.398 e. The zero-order valence-electron chi connectivity index (χ0n) is 10.2. The van der Waals surface area contributed by atoms with Crippen LogP contribution < -0.4 is 10.5 Å². The van der Waals surface area contributed by atoms with Gasteiger partial charge in [-0.2, -0.15) is 0 Å². The normalized spacial score (nSPS) is 11.4. The second-order valence-corrected chi connectivity index (χ2v) is 7.46. The van der Waals surface area contributed by atoms with Gasteiger partial charge in [-0.1, -0.05) is 15.9 Å². The Labute approximate surface area is 136 Å². The van der Waals surface area contributed by atoms with Gasteiger partial charge in [0.05, 0.1) is 11.4 Å². The fourth-order valence-corrected chi connectivity index (χ4v) is 4.80. The van der Waals surface area contributed by atoms with Crippen LogP contribution in [-0.4, -0.2) is 8.42 Å². The predicted molar refractivity (Wildman–Crippen MR) is 83.4 cm³/mol. The third-order valence-electron chi connectivity index (χ3n) is 2.42. The molecule has 112 valence electrons. The van der Waals surface area contributed by atoms with E-state index in [1.807, 2.05) is 0 Å². The SMILES string of the molecule is Nc1cc(Br)cc(Br)c1S(=O)(=O)Nc1cc(F)cc(F)c1. The van der Waals surface area contributed by atoms with Crippen molar-refractivity contribution in [2.75, 3.05) is 10.5 Å². The molecule has 0 aliphatic rings. The van der Waals surface area contributed by atoms with Gasteiger partial charge in [0.1, 0.15) is 16.5 Å². The lowest BCUT2D eigenvalue weighted by molar-refractivity contribution is 0.584. The van der Waals surface area contributed by atoms with E-state index in [2.05, 4.69) is 36.6 Å². The average molecular weight is 442 g/mol. The maximum Gasteiger partial charge on any atom is 0.265 e. The highest BCUT2D eigenvalue weighted by molar-refractivity contribution is 9.11. The van der Waals surface area contributed by atoms with E-state index in [4.69, 9.17) is 5.73 Å². The van der Waals surface area contributed by atoms with Crippen molar-refractivity contribution in [3.63, 3.8) is 0 Å². The van der Waals surface area contributed by atoms with Gasteiger partial charge < -0.3 is 5.73 Å². The summed E-state index contributed by atoms with van der Waals surface area (Å²) in [4.78, 5) is -0.213. The van der Waals surface area contributed by atoms with Crippen LogP contribution in [0.4, 0.5) is 20.2 Å². The van der Waals surface area contributed by atoms with E-state index in [9.17, 15) is 17.2 Å². The summed E-state index contributed by atoms with van der Waals surface area (Å²) in [6.45, 7) is 0. The molecule has 0 unspecified atom stereocenters. The zero-order valence-corrected chi connectivity index (χ0v) is 14.2. The summed E-state index contributed by atoms with van der Waals surface area (Å²) < 4.78 is 53.7. The van der Waals surface area contributed by atoms with Gasteiger partial charge in [-0.05, 0) is 40.2 Å². The summed E-state index contributed by atoms with van der Waals surface area (Å²) in [6.07, 6.45) is 0. The second-order valence-electron chi connectivity index (χ2n) is 4.07. The first-order valence-electron chi connectivity index (χ1n) is 5.42. The number of nitrogen functional groups attached to an aromatic ring is 1. The number of sulfonamides is 1. The minimum Gasteiger partial charge on any atom is -0.398 e. The van der Waals surface area contributed by atoms with Crippen molar-refractivity contribution < 1.29 is 17.2 Å². The van der Waals surface area contributed by atoms with Gasteiger partial charge in [-0.15, -0.1) is 0 Å². The Morgan fingerprint density at radius 3 is 2.10 bits per heavy atom. The lowest BCUT2D eigenvalue weighted by atomic mass is 10.3. The summed E-state index contributed by atoms with van der Waals surface area (Å²) in [5.41, 5.74) is 5.45. The molecule has 0 spiro atoms. The topological polar surface area (TPSA) is 72.2 Å². The molecule has 2 aromatic carbocycles. The lowest BCUT2D eigenvalue weighted by Crippen LogP contribution is -2.16. The van der Waals surface area contributed by atoms with Crippen LogP contribution in [0, 0.1) is 11.6 Å². The van der Waals surface area contributed by atoms with Crippen LogP contribution in [0.5, 0.6) is 0 Å². The maximum atomic E-state index is 13.1. The maximum absolute atomic E-state index is 13.1. The van der Waals surface area contributed by atoms with Gasteiger partial charge in [0, 0.05) is 15.0 Å². The molecule has 0 fully saturated rings. The van der Waals surface area contributed by atoms with Crippen molar-refractivity contribution in [3.05, 3.63) is 50.9 Å². The molecule has 0 aliphatic carbocycles. The lowest BCUT2D eigenvalue weighted by Gasteiger charge is -2.12. The number of nitrogens with one attached hydrogen (secondary N) is 1. The Kier molecular flexibility index (Phi) is 4.54. The molecule has 9 heteroatoms. The summed E-state index contributed by atoms with van der Waals surface area (Å²) >= 11 is 6.27. The number of anilines is 2. The van der Waals surface area contributed by atoms with Gasteiger partial charge in [0.25, 0.3) is 10.0 Å². The molecular formula is C12H8Br2F2N2O2S. The Hall–Kier alpha value is -1.19. The fraction of sp³-hybridized carbons (Fsp3) is 0. The minimum atomic E-state index is -4.10. The highest BCUT2D eigenvalue weighted by Crippen LogP contribution is 2.32. The van der Waals surface area contributed by atoms with E-state index >= 15 is 0 Å². The summed E-state index contributed by atoms with van der Waals surface area (Å²) in [5, 5.41) is 0. The van der Waals surface area contributed by atoms with E-state index < -0.39 is 21.7 Å². The molecular weight excluding hydrogens is 434 g/mol. The Morgan fingerprint density at radius 2 is 1.57 bits per heavy atom. The molecule has 2 rings (SSSR count). The molecule has 0 aromatic heterocycles. The molecule has 0 radical (unpaired) electrons. The summed E-state index contributed by atoms with van der Waals surface area (Å²) in [6, 6.07) is 5.28.